The molecule has 0 radical (unpaired) electrons. The predicted octanol–water partition coefficient (Wildman–Crippen LogP) is 2.40. The van der Waals surface area contributed by atoms with Crippen LogP contribution in [0.15, 0.2) is 6.20 Å². The lowest BCUT2D eigenvalue weighted by atomic mass is 10.0. The molecule has 2 aromatic heterocycles. The van der Waals surface area contributed by atoms with Crippen molar-refractivity contribution in [2.45, 2.75) is 32.7 Å². The Hall–Kier alpha value is -2.61. The molecule has 0 saturated carbocycles. The fourth-order valence-electron chi connectivity index (χ4n) is 3.48. The van der Waals surface area contributed by atoms with Gasteiger partial charge in [-0.05, 0) is 13.8 Å². The molecule has 3 rings (SSSR count). The SMILES string of the molecule is COC(=O)C[C@H]1CN(Cc2ncc(C)c(OC)c2C)c2nc(N)nc(Cl)c21. The Morgan fingerprint density at radius 1 is 1.37 bits per heavy atom. The molecular weight excluding hydrogens is 370 g/mol. The van der Waals surface area contributed by atoms with E-state index in [4.69, 9.17) is 26.8 Å². The molecule has 1 aliphatic heterocycles. The van der Waals surface area contributed by atoms with E-state index in [0.717, 1.165) is 22.6 Å². The van der Waals surface area contributed by atoms with Crippen molar-refractivity contribution in [2.75, 3.05) is 31.4 Å². The number of fused-ring (bicyclic) bond motifs is 1. The third-order valence-corrected chi connectivity index (χ3v) is 5.06. The van der Waals surface area contributed by atoms with Crippen LogP contribution in [0, 0.1) is 13.8 Å². The Balaban J connectivity index is 1.97. The number of esters is 1. The standard InChI is InChI=1S/C18H22ClN5O3/c1-9-6-21-12(10(2)15(9)27-4)8-24-7-11(5-13(25)26-3)14-16(19)22-18(20)23-17(14)24/h6,11H,5,7-8H2,1-4H3,(H2,20,22,23)/t11-/m0/s1. The molecule has 8 nitrogen and oxygen atoms in total. The summed E-state index contributed by atoms with van der Waals surface area (Å²) in [7, 11) is 3.01. The third-order valence-electron chi connectivity index (χ3n) is 4.78. The summed E-state index contributed by atoms with van der Waals surface area (Å²) in [5.74, 6) is 1.04. The molecule has 2 aromatic rings. The van der Waals surface area contributed by atoms with Crippen LogP contribution in [-0.4, -0.2) is 41.7 Å². The van der Waals surface area contributed by atoms with Crippen molar-refractivity contribution in [3.05, 3.63) is 33.7 Å². The zero-order chi connectivity index (χ0) is 19.7. The molecule has 3 heterocycles. The molecule has 0 unspecified atom stereocenters. The molecule has 9 heteroatoms. The molecule has 0 bridgehead atoms. The van der Waals surface area contributed by atoms with Crippen LogP contribution >= 0.6 is 11.6 Å². The van der Waals surface area contributed by atoms with E-state index in [-0.39, 0.29) is 29.4 Å². The number of halogens is 1. The summed E-state index contributed by atoms with van der Waals surface area (Å²) in [5, 5.41) is 0.264. The van der Waals surface area contributed by atoms with Gasteiger partial charge in [-0.2, -0.15) is 4.98 Å². The van der Waals surface area contributed by atoms with E-state index in [2.05, 4.69) is 15.0 Å². The van der Waals surface area contributed by atoms with E-state index in [1.54, 1.807) is 13.3 Å². The molecule has 0 aliphatic carbocycles. The number of anilines is 2. The monoisotopic (exact) mass is 391 g/mol. The van der Waals surface area contributed by atoms with Gasteiger partial charge in [0.05, 0.1) is 32.9 Å². The lowest BCUT2D eigenvalue weighted by molar-refractivity contribution is -0.141. The minimum Gasteiger partial charge on any atom is -0.496 e. The second-order valence-electron chi connectivity index (χ2n) is 6.51. The fraction of sp³-hybridized carbons (Fsp3) is 0.444. The molecule has 1 atom stereocenters. The van der Waals surface area contributed by atoms with Gasteiger partial charge in [-0.15, -0.1) is 0 Å². The molecule has 2 N–H and O–H groups in total. The van der Waals surface area contributed by atoms with Crippen LogP contribution < -0.4 is 15.4 Å². The first-order chi connectivity index (χ1) is 12.8. The Morgan fingerprint density at radius 3 is 2.78 bits per heavy atom. The number of carbonyl (C=O) groups excluding carboxylic acids is 1. The molecule has 144 valence electrons. The first-order valence-corrected chi connectivity index (χ1v) is 8.87. The zero-order valence-electron chi connectivity index (χ0n) is 15.7. The van der Waals surface area contributed by atoms with Gasteiger partial charge >= 0.3 is 5.97 Å². The van der Waals surface area contributed by atoms with Crippen LogP contribution in [-0.2, 0) is 16.1 Å². The number of hydrogen-bond acceptors (Lipinski definition) is 8. The number of rotatable bonds is 5. The first kappa shape index (κ1) is 19.2. The molecule has 0 spiro atoms. The highest BCUT2D eigenvalue weighted by Crippen LogP contribution is 2.42. The molecule has 27 heavy (non-hydrogen) atoms. The topological polar surface area (TPSA) is 103 Å². The van der Waals surface area contributed by atoms with Crippen molar-refractivity contribution in [1.82, 2.24) is 15.0 Å². The second-order valence-corrected chi connectivity index (χ2v) is 6.87. The van der Waals surface area contributed by atoms with Gasteiger partial charge in [0.1, 0.15) is 16.7 Å². The molecule has 0 aromatic carbocycles. The van der Waals surface area contributed by atoms with Crippen molar-refractivity contribution in [3.63, 3.8) is 0 Å². The number of nitrogens with two attached hydrogens (primary N) is 1. The van der Waals surface area contributed by atoms with Crippen LogP contribution in [0.25, 0.3) is 0 Å². The van der Waals surface area contributed by atoms with Crippen molar-refractivity contribution in [1.29, 1.82) is 0 Å². The van der Waals surface area contributed by atoms with E-state index in [9.17, 15) is 4.79 Å². The van der Waals surface area contributed by atoms with Gasteiger partial charge in [0.15, 0.2) is 0 Å². The zero-order valence-corrected chi connectivity index (χ0v) is 16.5. The van der Waals surface area contributed by atoms with Crippen LogP contribution in [0.3, 0.4) is 0 Å². The van der Waals surface area contributed by atoms with E-state index in [1.807, 2.05) is 18.7 Å². The number of aryl methyl sites for hydroxylation is 1. The second kappa shape index (κ2) is 7.56. The van der Waals surface area contributed by atoms with E-state index in [1.165, 1.54) is 7.11 Å². The minimum atomic E-state index is -0.313. The average Bonchev–Trinajstić information content (AvgIpc) is 2.95. The summed E-state index contributed by atoms with van der Waals surface area (Å²) < 4.78 is 10.3. The molecular formula is C18H22ClN5O3. The molecule has 0 saturated heterocycles. The Labute approximate surface area is 162 Å². The maximum atomic E-state index is 11.8. The molecule has 0 amide bonds. The number of pyridine rings is 1. The van der Waals surface area contributed by atoms with E-state index >= 15 is 0 Å². The summed E-state index contributed by atoms with van der Waals surface area (Å²) in [6.45, 7) is 4.95. The van der Waals surface area contributed by atoms with Crippen molar-refractivity contribution >= 4 is 29.3 Å². The van der Waals surface area contributed by atoms with Crippen molar-refractivity contribution < 1.29 is 14.3 Å². The lowest BCUT2D eigenvalue weighted by Gasteiger charge is -2.21. The van der Waals surface area contributed by atoms with E-state index < -0.39 is 0 Å². The van der Waals surface area contributed by atoms with Gasteiger partial charge in [-0.25, -0.2) is 4.98 Å². The van der Waals surface area contributed by atoms with Crippen LogP contribution in [0.2, 0.25) is 5.15 Å². The Morgan fingerprint density at radius 2 is 2.11 bits per heavy atom. The predicted molar refractivity (Wildman–Crippen MR) is 102 cm³/mol. The molecule has 1 aliphatic rings. The largest absolute Gasteiger partial charge is 0.496 e. The number of aromatic nitrogens is 3. The van der Waals surface area contributed by atoms with E-state index in [0.29, 0.717) is 24.5 Å². The highest BCUT2D eigenvalue weighted by molar-refractivity contribution is 6.30. The number of ether oxygens (including phenoxy) is 2. The van der Waals surface area contributed by atoms with Crippen LogP contribution in [0.5, 0.6) is 5.75 Å². The number of nitrogen functional groups attached to an aromatic ring is 1. The lowest BCUT2D eigenvalue weighted by Crippen LogP contribution is -2.24. The van der Waals surface area contributed by atoms with Crippen LogP contribution in [0.4, 0.5) is 11.8 Å². The number of nitrogens with zero attached hydrogens (tertiary/aromatic N) is 4. The van der Waals surface area contributed by atoms with Gasteiger partial charge < -0.3 is 20.1 Å². The summed E-state index contributed by atoms with van der Waals surface area (Å²) >= 11 is 6.32. The number of carbonyl (C=O) groups is 1. The minimum absolute atomic E-state index is 0.0913. The highest BCUT2D eigenvalue weighted by atomic mass is 35.5. The smallest absolute Gasteiger partial charge is 0.306 e. The summed E-state index contributed by atoms with van der Waals surface area (Å²) in [4.78, 5) is 26.8. The van der Waals surface area contributed by atoms with Gasteiger partial charge in [0, 0.05) is 35.3 Å². The quantitative estimate of drug-likeness (QED) is 0.612. The maximum absolute atomic E-state index is 11.8. The van der Waals surface area contributed by atoms with Crippen molar-refractivity contribution in [3.8, 4) is 5.75 Å². The summed E-state index contributed by atoms with van der Waals surface area (Å²) in [5.41, 5.74) is 9.30. The van der Waals surface area contributed by atoms with Crippen LogP contribution in [0.1, 0.15) is 34.7 Å². The third kappa shape index (κ3) is 3.62. The normalized spacial score (nSPS) is 15.6. The number of hydrogen-bond donors (Lipinski definition) is 1. The van der Waals surface area contributed by atoms with Gasteiger partial charge in [-0.3, -0.25) is 9.78 Å². The Kier molecular flexibility index (Phi) is 5.36. The molecule has 0 fully saturated rings. The fourth-order valence-corrected chi connectivity index (χ4v) is 3.81. The van der Waals surface area contributed by atoms with Crippen molar-refractivity contribution in [2.24, 2.45) is 0 Å². The average molecular weight is 392 g/mol. The highest BCUT2D eigenvalue weighted by Gasteiger charge is 2.35. The Bertz CT molecular complexity index is 890. The maximum Gasteiger partial charge on any atom is 0.306 e. The van der Waals surface area contributed by atoms with Gasteiger partial charge in [-0.1, -0.05) is 11.6 Å². The number of methoxy groups -OCH3 is 2. The first-order valence-electron chi connectivity index (χ1n) is 8.49. The van der Waals surface area contributed by atoms with Gasteiger partial charge in [0.25, 0.3) is 0 Å². The summed E-state index contributed by atoms with van der Waals surface area (Å²) in [6, 6.07) is 0. The summed E-state index contributed by atoms with van der Waals surface area (Å²) in [6.07, 6.45) is 1.97. The van der Waals surface area contributed by atoms with Gasteiger partial charge in [0.2, 0.25) is 5.95 Å².